The molecule has 1 amide bonds. The third kappa shape index (κ3) is 2.62. The summed E-state index contributed by atoms with van der Waals surface area (Å²) in [7, 11) is 0. The summed E-state index contributed by atoms with van der Waals surface area (Å²) in [5, 5.41) is 9.84. The highest BCUT2D eigenvalue weighted by molar-refractivity contribution is 6.05. The molecule has 0 aromatic heterocycles. The van der Waals surface area contributed by atoms with Gasteiger partial charge in [-0.2, -0.15) is 5.26 Å². The molecule has 2 aromatic carbocycles. The van der Waals surface area contributed by atoms with E-state index in [9.17, 15) is 4.79 Å². The van der Waals surface area contributed by atoms with E-state index in [4.69, 9.17) is 11.1 Å². The number of carbonyl (C=O) groups is 1. The van der Waals surface area contributed by atoms with Gasteiger partial charge in [-0.3, -0.25) is 4.79 Å². The molecule has 0 fully saturated rings. The average Bonchev–Trinajstić information content (AvgIpc) is 2.46. The largest absolute Gasteiger partial charge is 0.272 e. The van der Waals surface area contributed by atoms with Crippen LogP contribution in [-0.4, -0.2) is 5.91 Å². The highest BCUT2D eigenvalue weighted by Crippen LogP contribution is 2.18. The van der Waals surface area contributed by atoms with E-state index < -0.39 is 0 Å². The molecule has 2 aromatic rings. The Morgan fingerprint density at radius 3 is 2.37 bits per heavy atom. The van der Waals surface area contributed by atoms with E-state index in [1.54, 1.807) is 30.3 Å². The summed E-state index contributed by atoms with van der Waals surface area (Å²) in [5.41, 5.74) is 2.55. The van der Waals surface area contributed by atoms with Crippen LogP contribution in [0.25, 0.3) is 0 Å². The number of hydrazine groups is 1. The van der Waals surface area contributed by atoms with E-state index in [0.717, 1.165) is 10.6 Å². The zero-order valence-corrected chi connectivity index (χ0v) is 10.5. The van der Waals surface area contributed by atoms with Crippen molar-refractivity contribution in [3.63, 3.8) is 0 Å². The molecule has 0 aliphatic heterocycles. The Kier molecular flexibility index (Phi) is 3.60. The van der Waals surface area contributed by atoms with Gasteiger partial charge in [-0.05, 0) is 42.8 Å². The normalized spacial score (nSPS) is 9.74. The first-order valence-electron chi connectivity index (χ1n) is 5.78. The molecule has 4 heteroatoms. The van der Waals surface area contributed by atoms with Gasteiger partial charge in [0.2, 0.25) is 0 Å². The molecule has 0 heterocycles. The number of para-hydroxylation sites is 1. The number of anilines is 1. The Morgan fingerprint density at radius 2 is 1.79 bits per heavy atom. The molecule has 0 bridgehead atoms. The molecular weight excluding hydrogens is 238 g/mol. The van der Waals surface area contributed by atoms with E-state index in [1.165, 1.54) is 0 Å². The van der Waals surface area contributed by atoms with Gasteiger partial charge in [-0.1, -0.05) is 18.2 Å². The molecule has 0 unspecified atom stereocenters. The van der Waals surface area contributed by atoms with E-state index in [-0.39, 0.29) is 5.91 Å². The smallest absolute Gasteiger partial charge is 0.267 e. The van der Waals surface area contributed by atoms with Crippen LogP contribution in [0.3, 0.4) is 0 Å². The van der Waals surface area contributed by atoms with Crippen molar-refractivity contribution in [1.82, 2.24) is 0 Å². The molecule has 0 saturated heterocycles. The van der Waals surface area contributed by atoms with Crippen LogP contribution in [0.2, 0.25) is 0 Å². The van der Waals surface area contributed by atoms with Crippen molar-refractivity contribution in [1.29, 1.82) is 5.26 Å². The second-order valence-electron chi connectivity index (χ2n) is 4.15. The lowest BCUT2D eigenvalue weighted by atomic mass is 10.1. The number of hydrogen-bond acceptors (Lipinski definition) is 3. The molecule has 0 spiro atoms. The van der Waals surface area contributed by atoms with Gasteiger partial charge in [-0.25, -0.2) is 10.9 Å². The molecular formula is C15H13N3O. The van der Waals surface area contributed by atoms with Gasteiger partial charge in [0.25, 0.3) is 5.91 Å². The van der Waals surface area contributed by atoms with Crippen LogP contribution in [0.15, 0.2) is 48.5 Å². The summed E-state index contributed by atoms with van der Waals surface area (Å²) in [6.07, 6.45) is 0. The number of nitrogens with two attached hydrogens (primary N) is 1. The fraction of sp³-hybridized carbons (Fsp3) is 0.0667. The van der Waals surface area contributed by atoms with E-state index in [0.29, 0.717) is 16.8 Å². The van der Waals surface area contributed by atoms with Crippen molar-refractivity contribution in [2.75, 3.05) is 5.01 Å². The Labute approximate surface area is 111 Å². The number of carbonyl (C=O) groups excluding carboxylic acids is 1. The fourth-order valence-corrected chi connectivity index (χ4v) is 1.77. The monoisotopic (exact) mass is 251 g/mol. The molecule has 94 valence electrons. The van der Waals surface area contributed by atoms with Crippen molar-refractivity contribution < 1.29 is 4.79 Å². The molecule has 19 heavy (non-hydrogen) atoms. The maximum Gasteiger partial charge on any atom is 0.272 e. The third-order valence-electron chi connectivity index (χ3n) is 2.85. The highest BCUT2D eigenvalue weighted by atomic mass is 16.2. The summed E-state index contributed by atoms with van der Waals surface area (Å²) in [5.74, 6) is 5.55. The zero-order chi connectivity index (χ0) is 13.8. The minimum atomic E-state index is -0.307. The van der Waals surface area contributed by atoms with Crippen LogP contribution in [0, 0.1) is 18.3 Å². The number of nitrogens with zero attached hydrogens (tertiary/aromatic N) is 2. The van der Waals surface area contributed by atoms with Gasteiger partial charge in [0.1, 0.15) is 0 Å². The van der Waals surface area contributed by atoms with Gasteiger partial charge in [-0.15, -0.1) is 0 Å². The molecule has 2 N–H and O–H groups in total. The van der Waals surface area contributed by atoms with Crippen LogP contribution < -0.4 is 10.9 Å². The van der Waals surface area contributed by atoms with Crippen LogP contribution in [0.4, 0.5) is 5.69 Å². The standard InChI is InChI=1S/C15H13N3O/c1-11-4-2-3-5-14(11)18(17)15(19)13-8-6-12(10-16)7-9-13/h2-9H,17H2,1H3. The fourth-order valence-electron chi connectivity index (χ4n) is 1.77. The van der Waals surface area contributed by atoms with E-state index >= 15 is 0 Å². The van der Waals surface area contributed by atoms with Crippen molar-refractivity contribution in [2.24, 2.45) is 5.84 Å². The maximum absolute atomic E-state index is 12.2. The summed E-state index contributed by atoms with van der Waals surface area (Å²) < 4.78 is 0. The van der Waals surface area contributed by atoms with Crippen molar-refractivity contribution in [3.05, 3.63) is 65.2 Å². The summed E-state index contributed by atoms with van der Waals surface area (Å²) >= 11 is 0. The summed E-state index contributed by atoms with van der Waals surface area (Å²) in [6, 6.07) is 15.8. The van der Waals surface area contributed by atoms with Gasteiger partial charge in [0.15, 0.2) is 0 Å². The topological polar surface area (TPSA) is 70.1 Å². The number of rotatable bonds is 2. The first-order chi connectivity index (χ1) is 9.13. The van der Waals surface area contributed by atoms with Crippen molar-refractivity contribution >= 4 is 11.6 Å². The lowest BCUT2D eigenvalue weighted by Crippen LogP contribution is -2.37. The average molecular weight is 251 g/mol. The van der Waals surface area contributed by atoms with Gasteiger partial charge >= 0.3 is 0 Å². The number of benzene rings is 2. The number of nitriles is 1. The number of amides is 1. The van der Waals surface area contributed by atoms with E-state index in [2.05, 4.69) is 0 Å². The molecule has 4 nitrogen and oxygen atoms in total. The number of hydrogen-bond donors (Lipinski definition) is 1. The lowest BCUT2D eigenvalue weighted by Gasteiger charge is -2.18. The molecule has 0 aliphatic carbocycles. The second-order valence-corrected chi connectivity index (χ2v) is 4.15. The minimum Gasteiger partial charge on any atom is -0.267 e. The lowest BCUT2D eigenvalue weighted by molar-refractivity contribution is 0.0986. The van der Waals surface area contributed by atoms with Gasteiger partial charge < -0.3 is 0 Å². The molecule has 0 aliphatic rings. The van der Waals surface area contributed by atoms with Gasteiger partial charge in [0, 0.05) is 5.56 Å². The first kappa shape index (κ1) is 12.8. The highest BCUT2D eigenvalue weighted by Gasteiger charge is 2.15. The minimum absolute atomic E-state index is 0.307. The summed E-state index contributed by atoms with van der Waals surface area (Å²) in [4.78, 5) is 12.2. The quantitative estimate of drug-likeness (QED) is 0.506. The summed E-state index contributed by atoms with van der Waals surface area (Å²) in [6.45, 7) is 1.89. The molecule has 0 radical (unpaired) electrons. The SMILES string of the molecule is Cc1ccccc1N(N)C(=O)c1ccc(C#N)cc1. The first-order valence-corrected chi connectivity index (χ1v) is 5.78. The molecule has 0 saturated carbocycles. The Hall–Kier alpha value is -2.64. The molecule has 0 atom stereocenters. The Balaban J connectivity index is 2.29. The predicted molar refractivity (Wildman–Crippen MR) is 73.3 cm³/mol. The van der Waals surface area contributed by atoms with Gasteiger partial charge in [0.05, 0.1) is 17.3 Å². The molecule has 2 rings (SSSR count). The van der Waals surface area contributed by atoms with Crippen LogP contribution in [-0.2, 0) is 0 Å². The Morgan fingerprint density at radius 1 is 1.16 bits per heavy atom. The predicted octanol–water partition coefficient (Wildman–Crippen LogP) is 2.39. The number of aryl methyl sites for hydroxylation is 1. The van der Waals surface area contributed by atoms with E-state index in [1.807, 2.05) is 31.2 Å². The van der Waals surface area contributed by atoms with Crippen molar-refractivity contribution in [3.8, 4) is 6.07 Å². The van der Waals surface area contributed by atoms with Crippen LogP contribution in [0.1, 0.15) is 21.5 Å². The maximum atomic E-state index is 12.2. The van der Waals surface area contributed by atoms with Crippen LogP contribution in [0.5, 0.6) is 0 Å². The third-order valence-corrected chi connectivity index (χ3v) is 2.85. The Bertz CT molecular complexity index is 641. The second kappa shape index (κ2) is 5.34. The van der Waals surface area contributed by atoms with Crippen LogP contribution >= 0.6 is 0 Å². The van der Waals surface area contributed by atoms with Crippen molar-refractivity contribution in [2.45, 2.75) is 6.92 Å². The zero-order valence-electron chi connectivity index (χ0n) is 10.5.